The molecule has 53 valence electrons. The Balaban J connectivity index is 2.81. The van der Waals surface area contributed by atoms with E-state index >= 15 is 0 Å². The van der Waals surface area contributed by atoms with Crippen LogP contribution in [0.4, 0.5) is 0 Å². The van der Waals surface area contributed by atoms with Gasteiger partial charge >= 0.3 is 0 Å². The monoisotopic (exact) mass is 137 g/mol. The molecule has 1 N–H and O–H groups in total. The van der Waals surface area contributed by atoms with Crippen molar-refractivity contribution < 1.29 is 9.84 Å². The standard InChI is InChI=1S/C8H9O2/c1-2-10-8-6-4-3-5-7(8)9/h3-6,9H,1-2H2. The third kappa shape index (κ3) is 1.41. The summed E-state index contributed by atoms with van der Waals surface area (Å²) in [5.74, 6) is 0.642. The topological polar surface area (TPSA) is 29.5 Å². The second-order valence-electron chi connectivity index (χ2n) is 1.82. The second-order valence-corrected chi connectivity index (χ2v) is 1.82. The Bertz CT molecular complexity index is 208. The largest absolute Gasteiger partial charge is 0.504 e. The third-order valence-electron chi connectivity index (χ3n) is 1.12. The molecule has 0 bridgehead atoms. The fourth-order valence-corrected chi connectivity index (χ4v) is 0.689. The van der Waals surface area contributed by atoms with Gasteiger partial charge in [0.2, 0.25) is 0 Å². The lowest BCUT2D eigenvalue weighted by Gasteiger charge is -2.02. The van der Waals surface area contributed by atoms with Crippen LogP contribution >= 0.6 is 0 Å². The molecule has 0 spiro atoms. The number of hydrogen-bond acceptors (Lipinski definition) is 2. The van der Waals surface area contributed by atoms with E-state index in [1.807, 2.05) is 0 Å². The molecule has 0 aromatic heterocycles. The SMILES string of the molecule is [CH2]COc1ccccc1O. The van der Waals surface area contributed by atoms with Gasteiger partial charge in [-0.2, -0.15) is 0 Å². The molecule has 0 unspecified atom stereocenters. The van der Waals surface area contributed by atoms with Crippen LogP contribution in [0.25, 0.3) is 0 Å². The first-order valence-electron chi connectivity index (χ1n) is 3.04. The van der Waals surface area contributed by atoms with Crippen LogP contribution in [-0.4, -0.2) is 11.7 Å². The molecule has 0 aliphatic carbocycles. The van der Waals surface area contributed by atoms with E-state index in [9.17, 15) is 0 Å². The van der Waals surface area contributed by atoms with Gasteiger partial charge in [0.1, 0.15) is 0 Å². The molecule has 0 heterocycles. The first-order valence-corrected chi connectivity index (χ1v) is 3.04. The minimum Gasteiger partial charge on any atom is -0.504 e. The van der Waals surface area contributed by atoms with Gasteiger partial charge in [-0.05, 0) is 19.1 Å². The normalized spacial score (nSPS) is 9.30. The highest BCUT2D eigenvalue weighted by Crippen LogP contribution is 2.23. The van der Waals surface area contributed by atoms with E-state index in [1.165, 1.54) is 0 Å². The molecule has 0 aliphatic heterocycles. The fraction of sp³-hybridized carbons (Fsp3) is 0.125. The quantitative estimate of drug-likeness (QED) is 0.671. The Morgan fingerprint density at radius 1 is 1.40 bits per heavy atom. The van der Waals surface area contributed by atoms with E-state index in [1.54, 1.807) is 24.3 Å². The molecule has 1 rings (SSSR count). The van der Waals surface area contributed by atoms with Gasteiger partial charge in [0, 0.05) is 0 Å². The summed E-state index contributed by atoms with van der Waals surface area (Å²) < 4.78 is 4.98. The third-order valence-corrected chi connectivity index (χ3v) is 1.12. The molecule has 2 nitrogen and oxygen atoms in total. The Morgan fingerprint density at radius 3 is 2.70 bits per heavy atom. The van der Waals surface area contributed by atoms with Crippen LogP contribution in [0, 0.1) is 6.92 Å². The van der Waals surface area contributed by atoms with Crippen molar-refractivity contribution in [2.24, 2.45) is 0 Å². The fourth-order valence-electron chi connectivity index (χ4n) is 0.689. The zero-order valence-corrected chi connectivity index (χ0v) is 5.58. The van der Waals surface area contributed by atoms with E-state index in [4.69, 9.17) is 9.84 Å². The van der Waals surface area contributed by atoms with Gasteiger partial charge in [-0.15, -0.1) is 0 Å². The molecule has 10 heavy (non-hydrogen) atoms. The number of phenolic OH excluding ortho intramolecular Hbond substituents is 1. The number of rotatable bonds is 2. The molecular weight excluding hydrogens is 128 g/mol. The Hall–Kier alpha value is -1.18. The molecule has 0 saturated heterocycles. The molecule has 0 aliphatic rings. The summed E-state index contributed by atoms with van der Waals surface area (Å²) in [7, 11) is 0. The maximum Gasteiger partial charge on any atom is 0.160 e. The zero-order valence-electron chi connectivity index (χ0n) is 5.58. The molecule has 0 fully saturated rings. The van der Waals surface area contributed by atoms with Crippen LogP contribution in [0.5, 0.6) is 11.5 Å². The second kappa shape index (κ2) is 3.11. The average molecular weight is 137 g/mol. The van der Waals surface area contributed by atoms with Crippen LogP contribution < -0.4 is 4.74 Å². The Kier molecular flexibility index (Phi) is 2.15. The van der Waals surface area contributed by atoms with E-state index < -0.39 is 0 Å². The van der Waals surface area contributed by atoms with Gasteiger partial charge in [-0.25, -0.2) is 0 Å². The molecular formula is C8H9O2. The highest BCUT2D eigenvalue weighted by molar-refractivity contribution is 5.37. The number of benzene rings is 1. The number of aromatic hydroxyl groups is 1. The highest BCUT2D eigenvalue weighted by atomic mass is 16.5. The molecule has 0 atom stereocenters. The van der Waals surface area contributed by atoms with Crippen molar-refractivity contribution in [1.82, 2.24) is 0 Å². The van der Waals surface area contributed by atoms with Crippen molar-refractivity contribution in [1.29, 1.82) is 0 Å². The molecule has 1 aromatic rings. The van der Waals surface area contributed by atoms with Gasteiger partial charge in [-0.1, -0.05) is 12.1 Å². The van der Waals surface area contributed by atoms with E-state index in [2.05, 4.69) is 6.92 Å². The van der Waals surface area contributed by atoms with Crippen LogP contribution in [-0.2, 0) is 0 Å². The van der Waals surface area contributed by atoms with Crippen LogP contribution in [0.15, 0.2) is 24.3 Å². The average Bonchev–Trinajstić information content (AvgIpc) is 1.94. The van der Waals surface area contributed by atoms with Gasteiger partial charge in [0.15, 0.2) is 11.5 Å². The number of para-hydroxylation sites is 2. The Morgan fingerprint density at radius 2 is 2.10 bits per heavy atom. The summed E-state index contributed by atoms with van der Waals surface area (Å²) in [4.78, 5) is 0. The molecule has 2 heteroatoms. The van der Waals surface area contributed by atoms with Gasteiger partial charge in [0.05, 0.1) is 6.61 Å². The predicted octanol–water partition coefficient (Wildman–Crippen LogP) is 1.61. The van der Waals surface area contributed by atoms with Gasteiger partial charge in [0.25, 0.3) is 0 Å². The Labute approximate surface area is 60.1 Å². The molecule has 1 aromatic carbocycles. The lowest BCUT2D eigenvalue weighted by Crippen LogP contribution is -1.90. The summed E-state index contributed by atoms with van der Waals surface area (Å²) in [6.45, 7) is 3.82. The molecule has 0 amide bonds. The van der Waals surface area contributed by atoms with E-state index in [-0.39, 0.29) is 5.75 Å². The molecule has 1 radical (unpaired) electrons. The summed E-state index contributed by atoms with van der Waals surface area (Å²) >= 11 is 0. The highest BCUT2D eigenvalue weighted by Gasteiger charge is 1.96. The lowest BCUT2D eigenvalue weighted by molar-refractivity contribution is 0.335. The van der Waals surface area contributed by atoms with Crippen molar-refractivity contribution in [2.75, 3.05) is 6.61 Å². The van der Waals surface area contributed by atoms with Crippen LogP contribution in [0.3, 0.4) is 0 Å². The number of hydrogen-bond donors (Lipinski definition) is 1. The number of ether oxygens (including phenoxy) is 1. The number of phenols is 1. The van der Waals surface area contributed by atoms with Crippen LogP contribution in [0.2, 0.25) is 0 Å². The van der Waals surface area contributed by atoms with Crippen molar-refractivity contribution in [3.63, 3.8) is 0 Å². The van der Waals surface area contributed by atoms with Gasteiger partial charge in [-0.3, -0.25) is 0 Å². The maximum atomic E-state index is 9.09. The molecule has 0 saturated carbocycles. The predicted molar refractivity (Wildman–Crippen MR) is 39.0 cm³/mol. The first-order chi connectivity index (χ1) is 4.84. The maximum absolute atomic E-state index is 9.09. The van der Waals surface area contributed by atoms with Crippen molar-refractivity contribution in [3.05, 3.63) is 31.2 Å². The summed E-state index contributed by atoms with van der Waals surface area (Å²) in [6, 6.07) is 6.81. The first kappa shape index (κ1) is 6.93. The summed E-state index contributed by atoms with van der Waals surface area (Å²) in [5.41, 5.74) is 0. The smallest absolute Gasteiger partial charge is 0.160 e. The minimum absolute atomic E-state index is 0.158. The van der Waals surface area contributed by atoms with Gasteiger partial charge < -0.3 is 9.84 Å². The van der Waals surface area contributed by atoms with E-state index in [0.717, 1.165) is 0 Å². The summed E-state index contributed by atoms with van der Waals surface area (Å²) in [6.07, 6.45) is 0. The van der Waals surface area contributed by atoms with Crippen molar-refractivity contribution in [3.8, 4) is 11.5 Å². The van der Waals surface area contributed by atoms with E-state index in [0.29, 0.717) is 12.4 Å². The summed E-state index contributed by atoms with van der Waals surface area (Å²) in [5, 5.41) is 9.09. The zero-order chi connectivity index (χ0) is 7.40. The lowest BCUT2D eigenvalue weighted by atomic mass is 10.3. The van der Waals surface area contributed by atoms with Crippen molar-refractivity contribution >= 4 is 0 Å². The minimum atomic E-state index is 0.158. The van der Waals surface area contributed by atoms with Crippen molar-refractivity contribution in [2.45, 2.75) is 0 Å². The van der Waals surface area contributed by atoms with Crippen LogP contribution in [0.1, 0.15) is 0 Å².